The van der Waals surface area contributed by atoms with Crippen molar-refractivity contribution in [2.75, 3.05) is 13.2 Å². The molecule has 0 bridgehead atoms. The number of carbonyl (C=O) groups excluding carboxylic acids is 2. The normalized spacial score (nSPS) is 10.4. The fourth-order valence-electron chi connectivity index (χ4n) is 1.94. The van der Waals surface area contributed by atoms with Gasteiger partial charge in [0, 0.05) is 17.1 Å². The highest BCUT2D eigenvalue weighted by Gasteiger charge is 2.22. The van der Waals surface area contributed by atoms with E-state index in [1.54, 1.807) is 38.2 Å². The molecule has 0 atom stereocenters. The van der Waals surface area contributed by atoms with E-state index in [4.69, 9.17) is 9.47 Å². The minimum atomic E-state index is -0.520. The average molecular weight is 261 g/mol. The van der Waals surface area contributed by atoms with Crippen molar-refractivity contribution >= 4 is 22.8 Å². The number of nitrogens with one attached hydrogen (secondary N) is 1. The van der Waals surface area contributed by atoms with Crippen LogP contribution in [-0.4, -0.2) is 30.1 Å². The van der Waals surface area contributed by atoms with Crippen molar-refractivity contribution in [3.05, 3.63) is 35.5 Å². The van der Waals surface area contributed by atoms with Crippen LogP contribution in [0.3, 0.4) is 0 Å². The van der Waals surface area contributed by atoms with E-state index in [1.807, 2.05) is 0 Å². The standard InChI is InChI=1S/C14H15NO4/c1-3-18-13(16)10-5-6-11-9(7-8-15-11)12(10)14(17)19-4-2/h5-8,15H,3-4H2,1-2H3. The molecule has 0 aliphatic rings. The molecule has 0 saturated carbocycles. The summed E-state index contributed by atoms with van der Waals surface area (Å²) in [5, 5.41) is 0.656. The molecular weight excluding hydrogens is 246 g/mol. The zero-order valence-electron chi connectivity index (χ0n) is 10.9. The van der Waals surface area contributed by atoms with Crippen molar-refractivity contribution in [2.45, 2.75) is 13.8 Å². The summed E-state index contributed by atoms with van der Waals surface area (Å²) in [7, 11) is 0. The van der Waals surface area contributed by atoms with E-state index in [0.29, 0.717) is 5.39 Å². The molecule has 1 heterocycles. The summed E-state index contributed by atoms with van der Waals surface area (Å²) in [6.07, 6.45) is 1.71. The second-order valence-corrected chi connectivity index (χ2v) is 3.87. The first-order valence-electron chi connectivity index (χ1n) is 6.13. The summed E-state index contributed by atoms with van der Waals surface area (Å²) in [5.74, 6) is -1.04. The Labute approximate surface area is 110 Å². The maximum atomic E-state index is 12.0. The van der Waals surface area contributed by atoms with Crippen molar-refractivity contribution < 1.29 is 19.1 Å². The number of benzene rings is 1. The van der Waals surface area contributed by atoms with Gasteiger partial charge < -0.3 is 14.5 Å². The van der Waals surface area contributed by atoms with Crippen molar-refractivity contribution in [2.24, 2.45) is 0 Å². The predicted octanol–water partition coefficient (Wildman–Crippen LogP) is 2.52. The molecule has 5 heteroatoms. The summed E-state index contributed by atoms with van der Waals surface area (Å²) in [5.41, 5.74) is 1.25. The van der Waals surface area contributed by atoms with Crippen molar-refractivity contribution in [1.82, 2.24) is 4.98 Å². The van der Waals surface area contributed by atoms with E-state index >= 15 is 0 Å². The molecule has 1 N–H and O–H groups in total. The van der Waals surface area contributed by atoms with E-state index in [1.165, 1.54) is 0 Å². The first kappa shape index (κ1) is 13.1. The van der Waals surface area contributed by atoms with E-state index in [-0.39, 0.29) is 24.3 Å². The second kappa shape index (κ2) is 5.56. The van der Waals surface area contributed by atoms with Gasteiger partial charge in [0.15, 0.2) is 0 Å². The zero-order valence-corrected chi connectivity index (χ0v) is 10.9. The van der Waals surface area contributed by atoms with Gasteiger partial charge in [-0.05, 0) is 32.0 Å². The number of hydrogen-bond donors (Lipinski definition) is 1. The number of aromatic amines is 1. The Morgan fingerprint density at radius 2 is 1.74 bits per heavy atom. The van der Waals surface area contributed by atoms with Crippen LogP contribution in [0.25, 0.3) is 10.9 Å². The van der Waals surface area contributed by atoms with Crippen LogP contribution in [0, 0.1) is 0 Å². The lowest BCUT2D eigenvalue weighted by molar-refractivity contribution is 0.0481. The molecule has 0 fully saturated rings. The van der Waals surface area contributed by atoms with Crippen LogP contribution < -0.4 is 0 Å². The van der Waals surface area contributed by atoms with Gasteiger partial charge in [0.1, 0.15) is 0 Å². The summed E-state index contributed by atoms with van der Waals surface area (Å²) >= 11 is 0. The molecule has 2 aromatic rings. The van der Waals surface area contributed by atoms with Gasteiger partial charge in [-0.2, -0.15) is 0 Å². The number of aromatic nitrogens is 1. The Hall–Kier alpha value is -2.30. The van der Waals surface area contributed by atoms with E-state index in [0.717, 1.165) is 5.52 Å². The highest BCUT2D eigenvalue weighted by Crippen LogP contribution is 2.23. The first-order valence-corrected chi connectivity index (χ1v) is 6.13. The molecule has 0 spiro atoms. The maximum Gasteiger partial charge on any atom is 0.339 e. The average Bonchev–Trinajstić information content (AvgIpc) is 2.86. The minimum Gasteiger partial charge on any atom is -0.462 e. The largest absolute Gasteiger partial charge is 0.462 e. The maximum absolute atomic E-state index is 12.0. The molecule has 19 heavy (non-hydrogen) atoms. The van der Waals surface area contributed by atoms with Crippen LogP contribution in [0.15, 0.2) is 24.4 Å². The van der Waals surface area contributed by atoms with Crippen LogP contribution >= 0.6 is 0 Å². The Bertz CT molecular complexity index is 615. The van der Waals surface area contributed by atoms with Crippen LogP contribution in [0.1, 0.15) is 34.6 Å². The number of hydrogen-bond acceptors (Lipinski definition) is 4. The molecule has 1 aromatic carbocycles. The molecule has 0 aliphatic heterocycles. The van der Waals surface area contributed by atoms with Crippen LogP contribution in [0.2, 0.25) is 0 Å². The highest BCUT2D eigenvalue weighted by molar-refractivity contribution is 6.12. The lowest BCUT2D eigenvalue weighted by atomic mass is 10.0. The number of rotatable bonds is 4. The third-order valence-electron chi connectivity index (χ3n) is 2.71. The van der Waals surface area contributed by atoms with Gasteiger partial charge in [-0.25, -0.2) is 9.59 Å². The van der Waals surface area contributed by atoms with Crippen molar-refractivity contribution in [1.29, 1.82) is 0 Å². The number of H-pyrrole nitrogens is 1. The van der Waals surface area contributed by atoms with Gasteiger partial charge in [0.25, 0.3) is 0 Å². The van der Waals surface area contributed by atoms with Gasteiger partial charge in [-0.15, -0.1) is 0 Å². The molecule has 0 saturated heterocycles. The monoisotopic (exact) mass is 261 g/mol. The summed E-state index contributed by atoms with van der Waals surface area (Å²) in [4.78, 5) is 26.9. The summed E-state index contributed by atoms with van der Waals surface area (Å²) in [6.45, 7) is 3.95. The van der Waals surface area contributed by atoms with E-state index in [9.17, 15) is 9.59 Å². The van der Waals surface area contributed by atoms with E-state index in [2.05, 4.69) is 4.98 Å². The molecule has 100 valence electrons. The van der Waals surface area contributed by atoms with Gasteiger partial charge in [0.2, 0.25) is 0 Å². The second-order valence-electron chi connectivity index (χ2n) is 3.87. The molecular formula is C14H15NO4. The molecule has 5 nitrogen and oxygen atoms in total. The Balaban J connectivity index is 2.58. The molecule has 0 amide bonds. The molecule has 0 radical (unpaired) electrons. The Morgan fingerprint density at radius 1 is 1.05 bits per heavy atom. The number of ether oxygens (including phenoxy) is 2. The SMILES string of the molecule is CCOC(=O)c1ccc2[nH]ccc2c1C(=O)OCC. The summed E-state index contributed by atoms with van der Waals surface area (Å²) < 4.78 is 9.98. The summed E-state index contributed by atoms with van der Waals surface area (Å²) in [6, 6.07) is 5.05. The predicted molar refractivity (Wildman–Crippen MR) is 70.2 cm³/mol. The van der Waals surface area contributed by atoms with Crippen molar-refractivity contribution in [3.8, 4) is 0 Å². The smallest absolute Gasteiger partial charge is 0.339 e. The van der Waals surface area contributed by atoms with Crippen LogP contribution in [-0.2, 0) is 9.47 Å². The number of esters is 2. The van der Waals surface area contributed by atoms with Crippen LogP contribution in [0.5, 0.6) is 0 Å². The van der Waals surface area contributed by atoms with E-state index < -0.39 is 11.9 Å². The fraction of sp³-hybridized carbons (Fsp3) is 0.286. The van der Waals surface area contributed by atoms with Gasteiger partial charge in [-0.1, -0.05) is 0 Å². The molecule has 2 rings (SSSR count). The zero-order chi connectivity index (χ0) is 13.8. The quantitative estimate of drug-likeness (QED) is 0.859. The topological polar surface area (TPSA) is 68.4 Å². The molecule has 0 unspecified atom stereocenters. The van der Waals surface area contributed by atoms with Crippen molar-refractivity contribution in [3.63, 3.8) is 0 Å². The highest BCUT2D eigenvalue weighted by atomic mass is 16.5. The first-order chi connectivity index (χ1) is 9.19. The number of carbonyl (C=O) groups is 2. The van der Waals surface area contributed by atoms with Gasteiger partial charge in [0.05, 0.1) is 24.3 Å². The lowest BCUT2D eigenvalue weighted by Gasteiger charge is -2.09. The molecule has 1 aromatic heterocycles. The third-order valence-corrected chi connectivity index (χ3v) is 2.71. The van der Waals surface area contributed by atoms with Gasteiger partial charge >= 0.3 is 11.9 Å². The lowest BCUT2D eigenvalue weighted by Crippen LogP contribution is -2.14. The molecule has 0 aliphatic carbocycles. The minimum absolute atomic E-state index is 0.229. The fourth-order valence-corrected chi connectivity index (χ4v) is 1.94. The number of fused-ring (bicyclic) bond motifs is 1. The third kappa shape index (κ3) is 2.45. The Kier molecular flexibility index (Phi) is 3.85. The Morgan fingerprint density at radius 3 is 2.42 bits per heavy atom. The van der Waals surface area contributed by atoms with Gasteiger partial charge in [-0.3, -0.25) is 0 Å². The van der Waals surface area contributed by atoms with Crippen LogP contribution in [0.4, 0.5) is 0 Å².